The number of nitriles is 1. The van der Waals surface area contributed by atoms with E-state index in [0.29, 0.717) is 12.4 Å². The summed E-state index contributed by atoms with van der Waals surface area (Å²) >= 11 is 0. The first kappa shape index (κ1) is 14.9. The molecule has 0 aliphatic heterocycles. The standard InChI is InChI=1S/C14H12F3N3O/c1-2-20-6-5-19-13(20)9-21-12-4-3-10(8-18)7-11(12)14(15,16)17/h3-7H,2,9H2,1H3. The van der Waals surface area contributed by atoms with Crippen molar-refractivity contribution >= 4 is 0 Å². The minimum absolute atomic E-state index is 0.0651. The maximum Gasteiger partial charge on any atom is 0.420 e. The monoisotopic (exact) mass is 295 g/mol. The van der Waals surface area contributed by atoms with E-state index in [2.05, 4.69) is 4.98 Å². The van der Waals surface area contributed by atoms with Crippen molar-refractivity contribution in [1.29, 1.82) is 5.26 Å². The van der Waals surface area contributed by atoms with Crippen molar-refractivity contribution in [3.05, 3.63) is 47.5 Å². The van der Waals surface area contributed by atoms with Crippen LogP contribution in [-0.4, -0.2) is 9.55 Å². The molecule has 2 aromatic rings. The van der Waals surface area contributed by atoms with Crippen molar-refractivity contribution in [2.24, 2.45) is 0 Å². The van der Waals surface area contributed by atoms with Gasteiger partial charge in [-0.1, -0.05) is 0 Å². The molecule has 21 heavy (non-hydrogen) atoms. The van der Waals surface area contributed by atoms with Crippen LogP contribution in [0.1, 0.15) is 23.9 Å². The number of alkyl halides is 3. The summed E-state index contributed by atoms with van der Waals surface area (Å²) in [7, 11) is 0. The molecule has 110 valence electrons. The fraction of sp³-hybridized carbons (Fsp3) is 0.286. The highest BCUT2D eigenvalue weighted by Crippen LogP contribution is 2.37. The quantitative estimate of drug-likeness (QED) is 0.869. The average molecular weight is 295 g/mol. The van der Waals surface area contributed by atoms with E-state index in [-0.39, 0.29) is 17.9 Å². The summed E-state index contributed by atoms with van der Waals surface area (Å²) in [6.45, 7) is 2.47. The summed E-state index contributed by atoms with van der Waals surface area (Å²) in [5.41, 5.74) is -1.03. The molecule has 0 radical (unpaired) electrons. The molecule has 0 fully saturated rings. The van der Waals surface area contributed by atoms with Crippen LogP contribution in [-0.2, 0) is 19.3 Å². The van der Waals surface area contributed by atoms with E-state index in [1.54, 1.807) is 23.0 Å². The predicted molar refractivity (Wildman–Crippen MR) is 68.4 cm³/mol. The third-order valence-corrected chi connectivity index (χ3v) is 2.91. The normalized spacial score (nSPS) is 11.2. The van der Waals surface area contributed by atoms with Gasteiger partial charge in [-0.05, 0) is 25.1 Å². The number of aryl methyl sites for hydroxylation is 1. The molecule has 2 rings (SSSR count). The number of hydrogen-bond acceptors (Lipinski definition) is 3. The first-order chi connectivity index (χ1) is 9.95. The van der Waals surface area contributed by atoms with E-state index < -0.39 is 11.7 Å². The minimum Gasteiger partial charge on any atom is -0.485 e. The van der Waals surface area contributed by atoms with Crippen LogP contribution in [0.5, 0.6) is 5.75 Å². The van der Waals surface area contributed by atoms with Crippen molar-refractivity contribution in [2.75, 3.05) is 0 Å². The SMILES string of the molecule is CCn1ccnc1COc1ccc(C#N)cc1C(F)(F)F. The van der Waals surface area contributed by atoms with Gasteiger partial charge in [0.15, 0.2) is 0 Å². The second-order valence-electron chi connectivity index (χ2n) is 4.24. The lowest BCUT2D eigenvalue weighted by molar-refractivity contribution is -0.139. The van der Waals surface area contributed by atoms with Gasteiger partial charge in [-0.2, -0.15) is 18.4 Å². The molecule has 0 unspecified atom stereocenters. The Morgan fingerprint density at radius 3 is 2.76 bits per heavy atom. The number of halogens is 3. The fourth-order valence-corrected chi connectivity index (χ4v) is 1.86. The third-order valence-electron chi connectivity index (χ3n) is 2.91. The number of rotatable bonds is 4. The molecule has 0 atom stereocenters. The number of benzene rings is 1. The van der Waals surface area contributed by atoms with Crippen LogP contribution in [0.2, 0.25) is 0 Å². The number of imidazole rings is 1. The largest absolute Gasteiger partial charge is 0.485 e. The first-order valence-electron chi connectivity index (χ1n) is 6.20. The van der Waals surface area contributed by atoms with Gasteiger partial charge in [0, 0.05) is 18.9 Å². The van der Waals surface area contributed by atoms with Gasteiger partial charge in [-0.25, -0.2) is 4.98 Å². The van der Waals surface area contributed by atoms with Crippen LogP contribution >= 0.6 is 0 Å². The predicted octanol–water partition coefficient (Wildman–Crippen LogP) is 3.37. The van der Waals surface area contributed by atoms with Crippen molar-refractivity contribution in [1.82, 2.24) is 9.55 Å². The lowest BCUT2D eigenvalue weighted by Crippen LogP contribution is -2.11. The number of aromatic nitrogens is 2. The Labute approximate surface area is 119 Å². The second kappa shape index (κ2) is 5.87. The van der Waals surface area contributed by atoms with Gasteiger partial charge in [-0.15, -0.1) is 0 Å². The van der Waals surface area contributed by atoms with E-state index in [4.69, 9.17) is 10.00 Å². The molecule has 0 amide bonds. The average Bonchev–Trinajstić information content (AvgIpc) is 2.91. The smallest absolute Gasteiger partial charge is 0.420 e. The molecule has 0 spiro atoms. The van der Waals surface area contributed by atoms with E-state index in [0.717, 1.165) is 12.1 Å². The summed E-state index contributed by atoms with van der Waals surface area (Å²) in [5.74, 6) is 0.224. The molecule has 0 bridgehead atoms. The number of hydrogen-bond donors (Lipinski definition) is 0. The van der Waals surface area contributed by atoms with Gasteiger partial charge < -0.3 is 9.30 Å². The summed E-state index contributed by atoms with van der Waals surface area (Å²) in [6, 6.07) is 4.90. The zero-order valence-corrected chi connectivity index (χ0v) is 11.2. The minimum atomic E-state index is -4.58. The maximum absolute atomic E-state index is 13.0. The van der Waals surface area contributed by atoms with Crippen LogP contribution in [0, 0.1) is 11.3 Å². The lowest BCUT2D eigenvalue weighted by Gasteiger charge is -2.14. The van der Waals surface area contributed by atoms with Crippen LogP contribution in [0.25, 0.3) is 0 Å². The Hall–Kier alpha value is -2.49. The Morgan fingerprint density at radius 2 is 2.14 bits per heavy atom. The van der Waals surface area contributed by atoms with Crippen LogP contribution in [0.15, 0.2) is 30.6 Å². The number of nitrogens with zero attached hydrogens (tertiary/aromatic N) is 3. The Balaban J connectivity index is 2.26. The lowest BCUT2D eigenvalue weighted by atomic mass is 10.1. The van der Waals surface area contributed by atoms with E-state index >= 15 is 0 Å². The zero-order chi connectivity index (χ0) is 15.5. The molecule has 1 heterocycles. The molecule has 7 heteroatoms. The molecular weight excluding hydrogens is 283 g/mol. The van der Waals surface area contributed by atoms with Gasteiger partial charge in [0.05, 0.1) is 17.2 Å². The topological polar surface area (TPSA) is 50.8 Å². The van der Waals surface area contributed by atoms with E-state index in [1.165, 1.54) is 6.07 Å². The molecule has 0 aliphatic carbocycles. The van der Waals surface area contributed by atoms with E-state index in [1.807, 2.05) is 6.92 Å². The van der Waals surface area contributed by atoms with Gasteiger partial charge in [0.25, 0.3) is 0 Å². The van der Waals surface area contributed by atoms with Gasteiger partial charge in [0.1, 0.15) is 18.2 Å². The zero-order valence-electron chi connectivity index (χ0n) is 11.2. The van der Waals surface area contributed by atoms with Gasteiger partial charge in [0.2, 0.25) is 0 Å². The Kier molecular flexibility index (Phi) is 4.17. The molecular formula is C14H12F3N3O. The van der Waals surface area contributed by atoms with Crippen molar-refractivity contribution in [2.45, 2.75) is 26.3 Å². The van der Waals surface area contributed by atoms with Crippen LogP contribution in [0.4, 0.5) is 13.2 Å². The van der Waals surface area contributed by atoms with Crippen molar-refractivity contribution in [3.8, 4) is 11.8 Å². The van der Waals surface area contributed by atoms with Crippen LogP contribution < -0.4 is 4.74 Å². The first-order valence-corrected chi connectivity index (χ1v) is 6.20. The Bertz CT molecular complexity index is 671. The Morgan fingerprint density at radius 1 is 1.38 bits per heavy atom. The summed E-state index contributed by atoms with van der Waals surface area (Å²) < 4.78 is 45.9. The van der Waals surface area contributed by atoms with Crippen molar-refractivity contribution < 1.29 is 17.9 Å². The second-order valence-corrected chi connectivity index (χ2v) is 4.24. The highest BCUT2D eigenvalue weighted by Gasteiger charge is 2.34. The summed E-state index contributed by atoms with van der Waals surface area (Å²) in [5, 5.41) is 8.70. The summed E-state index contributed by atoms with van der Waals surface area (Å²) in [6.07, 6.45) is -1.30. The summed E-state index contributed by atoms with van der Waals surface area (Å²) in [4.78, 5) is 4.03. The highest BCUT2D eigenvalue weighted by atomic mass is 19.4. The third kappa shape index (κ3) is 3.34. The van der Waals surface area contributed by atoms with E-state index in [9.17, 15) is 13.2 Å². The van der Waals surface area contributed by atoms with Crippen LogP contribution in [0.3, 0.4) is 0 Å². The molecule has 0 saturated heterocycles. The molecule has 4 nitrogen and oxygen atoms in total. The maximum atomic E-state index is 13.0. The molecule has 1 aromatic heterocycles. The number of ether oxygens (including phenoxy) is 1. The highest BCUT2D eigenvalue weighted by molar-refractivity contribution is 5.43. The molecule has 0 N–H and O–H groups in total. The van der Waals surface area contributed by atoms with Gasteiger partial charge in [-0.3, -0.25) is 0 Å². The fourth-order valence-electron chi connectivity index (χ4n) is 1.86. The van der Waals surface area contributed by atoms with Crippen molar-refractivity contribution in [3.63, 3.8) is 0 Å². The molecule has 0 saturated carbocycles. The molecule has 0 aliphatic rings. The van der Waals surface area contributed by atoms with Gasteiger partial charge >= 0.3 is 6.18 Å². The molecule has 1 aromatic carbocycles.